The molecule has 0 saturated carbocycles. The third kappa shape index (κ3) is 3.27. The van der Waals surface area contributed by atoms with Crippen LogP contribution in [0.25, 0.3) is 0 Å². The smallest absolute Gasteiger partial charge is 0.282 e. The largest absolute Gasteiger partial charge is 0.497 e. The topological polar surface area (TPSA) is 44.1 Å². The van der Waals surface area contributed by atoms with E-state index in [1.807, 2.05) is 18.2 Å². The molecule has 100 valence electrons. The number of nitrogens with zero attached hydrogens (tertiary/aromatic N) is 2. The zero-order valence-electron chi connectivity index (χ0n) is 9.86. The molecule has 0 saturated heterocycles. The fourth-order valence-corrected chi connectivity index (χ4v) is 2.46. The summed E-state index contributed by atoms with van der Waals surface area (Å²) in [5, 5.41) is 4.10. The highest BCUT2D eigenvalue weighted by Gasteiger charge is 2.09. The molecule has 2 aromatic rings. The number of benzene rings is 1. The summed E-state index contributed by atoms with van der Waals surface area (Å²) >= 11 is 9.94. The Balaban J connectivity index is 2.42. The van der Waals surface area contributed by atoms with Crippen LogP contribution >= 0.6 is 47.8 Å². The summed E-state index contributed by atoms with van der Waals surface area (Å²) in [5.74, 6) is 0.738. The zero-order valence-corrected chi connectivity index (χ0v) is 14.6. The molecule has 0 unspecified atom stereocenters. The average Bonchev–Trinajstić information content (AvgIpc) is 2.41. The van der Waals surface area contributed by atoms with Crippen molar-refractivity contribution in [3.8, 4) is 5.75 Å². The standard InChI is InChI=1S/C12H9Br3N2O2/c1-19-8-2-3-9(13)7(4-8)6-17-12(18)11(15)10(14)5-16-17/h2-5H,6H2,1H3. The minimum atomic E-state index is -0.191. The maximum atomic E-state index is 12.0. The van der Waals surface area contributed by atoms with Gasteiger partial charge in [-0.1, -0.05) is 15.9 Å². The average molecular weight is 453 g/mol. The van der Waals surface area contributed by atoms with Gasteiger partial charge in [-0.05, 0) is 55.6 Å². The Morgan fingerprint density at radius 2 is 2.00 bits per heavy atom. The van der Waals surface area contributed by atoms with E-state index in [2.05, 4.69) is 52.9 Å². The number of aromatic nitrogens is 2. The van der Waals surface area contributed by atoms with Crippen molar-refractivity contribution in [2.24, 2.45) is 0 Å². The second kappa shape index (κ2) is 6.19. The van der Waals surface area contributed by atoms with Crippen molar-refractivity contribution in [1.82, 2.24) is 9.78 Å². The molecule has 0 fully saturated rings. The molecule has 0 aliphatic carbocycles. The lowest BCUT2D eigenvalue weighted by Gasteiger charge is -2.09. The summed E-state index contributed by atoms with van der Waals surface area (Å²) in [5.41, 5.74) is 0.729. The monoisotopic (exact) mass is 450 g/mol. The van der Waals surface area contributed by atoms with Crippen LogP contribution in [0.5, 0.6) is 5.75 Å². The molecule has 0 amide bonds. The third-order valence-corrected chi connectivity index (χ3v) is 5.19. The number of halogens is 3. The second-order valence-electron chi connectivity index (χ2n) is 3.73. The lowest BCUT2D eigenvalue weighted by atomic mass is 10.2. The van der Waals surface area contributed by atoms with Gasteiger partial charge in [-0.3, -0.25) is 4.79 Å². The van der Waals surface area contributed by atoms with E-state index >= 15 is 0 Å². The molecule has 0 atom stereocenters. The van der Waals surface area contributed by atoms with Gasteiger partial charge in [0.2, 0.25) is 0 Å². The first-order valence-corrected chi connectivity index (χ1v) is 7.64. The summed E-state index contributed by atoms with van der Waals surface area (Å²) in [7, 11) is 1.60. The van der Waals surface area contributed by atoms with Crippen LogP contribution in [0.4, 0.5) is 0 Å². The van der Waals surface area contributed by atoms with Crippen molar-refractivity contribution in [2.75, 3.05) is 7.11 Å². The second-order valence-corrected chi connectivity index (χ2v) is 6.23. The molecule has 0 N–H and O–H groups in total. The number of hydrogen-bond donors (Lipinski definition) is 0. The molecule has 7 heteroatoms. The highest BCUT2D eigenvalue weighted by atomic mass is 79.9. The molecule has 19 heavy (non-hydrogen) atoms. The van der Waals surface area contributed by atoms with Gasteiger partial charge < -0.3 is 4.74 Å². The highest BCUT2D eigenvalue weighted by Crippen LogP contribution is 2.23. The van der Waals surface area contributed by atoms with Crippen LogP contribution in [0.2, 0.25) is 0 Å². The van der Waals surface area contributed by atoms with Gasteiger partial charge >= 0.3 is 0 Å². The van der Waals surface area contributed by atoms with Crippen molar-refractivity contribution in [1.29, 1.82) is 0 Å². The van der Waals surface area contributed by atoms with Crippen LogP contribution in [0.3, 0.4) is 0 Å². The molecule has 1 aromatic heterocycles. The van der Waals surface area contributed by atoms with E-state index in [9.17, 15) is 4.79 Å². The Hall–Kier alpha value is -0.660. The SMILES string of the molecule is COc1ccc(Br)c(Cn2ncc(Br)c(Br)c2=O)c1. The molecular formula is C12H9Br3N2O2. The van der Waals surface area contributed by atoms with E-state index in [0.29, 0.717) is 15.5 Å². The minimum absolute atomic E-state index is 0.191. The molecule has 0 bridgehead atoms. The fraction of sp³-hybridized carbons (Fsp3) is 0.167. The van der Waals surface area contributed by atoms with E-state index in [4.69, 9.17) is 4.74 Å². The Morgan fingerprint density at radius 1 is 1.26 bits per heavy atom. The maximum absolute atomic E-state index is 12.0. The van der Waals surface area contributed by atoms with Gasteiger partial charge in [-0.15, -0.1) is 0 Å². The lowest BCUT2D eigenvalue weighted by molar-refractivity contribution is 0.414. The van der Waals surface area contributed by atoms with Gasteiger partial charge in [-0.25, -0.2) is 4.68 Å². The van der Waals surface area contributed by atoms with E-state index in [1.54, 1.807) is 13.3 Å². The molecule has 1 heterocycles. The van der Waals surface area contributed by atoms with Crippen molar-refractivity contribution in [2.45, 2.75) is 6.54 Å². The normalized spacial score (nSPS) is 10.5. The van der Waals surface area contributed by atoms with E-state index in [-0.39, 0.29) is 5.56 Å². The van der Waals surface area contributed by atoms with Gasteiger partial charge in [0.25, 0.3) is 5.56 Å². The number of ether oxygens (including phenoxy) is 1. The van der Waals surface area contributed by atoms with Crippen molar-refractivity contribution in [3.63, 3.8) is 0 Å². The summed E-state index contributed by atoms with van der Waals surface area (Å²) in [6.45, 7) is 0.364. The molecule has 1 aromatic carbocycles. The van der Waals surface area contributed by atoms with Gasteiger partial charge in [0, 0.05) is 4.47 Å². The van der Waals surface area contributed by atoms with Crippen LogP contribution in [0.1, 0.15) is 5.56 Å². The molecule has 0 aliphatic rings. The number of hydrogen-bond acceptors (Lipinski definition) is 3. The Morgan fingerprint density at radius 3 is 2.68 bits per heavy atom. The van der Waals surface area contributed by atoms with Crippen molar-refractivity contribution in [3.05, 3.63) is 53.7 Å². The Labute approximate surface area is 135 Å². The predicted octanol–water partition coefficient (Wildman–Crippen LogP) is 3.59. The predicted molar refractivity (Wildman–Crippen MR) is 83.7 cm³/mol. The zero-order chi connectivity index (χ0) is 14.0. The Bertz CT molecular complexity index is 671. The molecule has 4 nitrogen and oxygen atoms in total. The quantitative estimate of drug-likeness (QED) is 0.715. The summed E-state index contributed by atoms with van der Waals surface area (Å²) in [4.78, 5) is 12.0. The number of methoxy groups -OCH3 is 1. The van der Waals surface area contributed by atoms with Crippen LogP contribution in [-0.4, -0.2) is 16.9 Å². The highest BCUT2D eigenvalue weighted by molar-refractivity contribution is 9.13. The van der Waals surface area contributed by atoms with E-state index < -0.39 is 0 Å². The van der Waals surface area contributed by atoms with Crippen molar-refractivity contribution >= 4 is 47.8 Å². The van der Waals surface area contributed by atoms with Crippen LogP contribution in [0.15, 0.2) is 42.6 Å². The Kier molecular flexibility index (Phi) is 4.81. The van der Waals surface area contributed by atoms with Crippen LogP contribution in [0, 0.1) is 0 Å². The number of rotatable bonds is 3. The lowest BCUT2D eigenvalue weighted by Crippen LogP contribution is -2.24. The van der Waals surface area contributed by atoms with Crippen molar-refractivity contribution < 1.29 is 4.74 Å². The first-order valence-electron chi connectivity index (χ1n) is 5.26. The molecule has 2 rings (SSSR count). The van der Waals surface area contributed by atoms with Gasteiger partial charge in [0.1, 0.15) is 10.2 Å². The first kappa shape index (κ1) is 14.7. The van der Waals surface area contributed by atoms with E-state index in [0.717, 1.165) is 15.8 Å². The van der Waals surface area contributed by atoms with Gasteiger partial charge in [0.15, 0.2) is 0 Å². The first-order chi connectivity index (χ1) is 9.02. The maximum Gasteiger partial charge on any atom is 0.282 e. The summed E-state index contributed by atoms with van der Waals surface area (Å²) < 4.78 is 8.56. The fourth-order valence-electron chi connectivity index (χ4n) is 1.52. The molecule has 0 radical (unpaired) electrons. The van der Waals surface area contributed by atoms with E-state index in [1.165, 1.54) is 4.68 Å². The minimum Gasteiger partial charge on any atom is -0.497 e. The molecule has 0 spiro atoms. The summed E-state index contributed by atoms with van der Waals surface area (Å²) in [6.07, 6.45) is 1.58. The molecule has 0 aliphatic heterocycles. The summed E-state index contributed by atoms with van der Waals surface area (Å²) in [6, 6.07) is 5.60. The van der Waals surface area contributed by atoms with Gasteiger partial charge in [-0.2, -0.15) is 5.10 Å². The molecular weight excluding hydrogens is 444 g/mol. The van der Waals surface area contributed by atoms with Gasteiger partial charge in [0.05, 0.1) is 24.3 Å². The van der Waals surface area contributed by atoms with Crippen LogP contribution in [-0.2, 0) is 6.54 Å². The van der Waals surface area contributed by atoms with Crippen LogP contribution < -0.4 is 10.3 Å². The third-order valence-electron chi connectivity index (χ3n) is 2.52.